The number of aromatic nitrogens is 1. The zero-order chi connectivity index (χ0) is 25.9. The highest BCUT2D eigenvalue weighted by atomic mass is 32.1. The number of alkyl halides is 2. The largest absolute Gasteiger partial charge is 0.513 e. The van der Waals surface area contributed by atoms with Crippen LogP contribution >= 0.6 is 11.3 Å². The number of halogens is 2. The van der Waals surface area contributed by atoms with Crippen LogP contribution in [0.5, 0.6) is 0 Å². The SMILES string of the molecule is CCOC(=O)OC1=C(CN2CC(F)(F)C[C@H]2C(=O)O)NC(c2nccs2)=N[C@H]1c1ccc(C#N)cc1. The third-order valence-electron chi connectivity index (χ3n) is 5.53. The van der Waals surface area contributed by atoms with Gasteiger partial charge in [0.15, 0.2) is 16.6 Å². The van der Waals surface area contributed by atoms with Crippen molar-refractivity contribution in [3.63, 3.8) is 0 Å². The monoisotopic (exact) mass is 517 g/mol. The molecule has 4 rings (SSSR count). The number of nitrogens with one attached hydrogen (secondary N) is 1. The van der Waals surface area contributed by atoms with Crippen molar-refractivity contribution in [3.8, 4) is 6.07 Å². The molecular weight excluding hydrogens is 496 g/mol. The number of carboxylic acid groups (broad SMARTS) is 1. The standard InChI is InChI=1S/C23H21F2N5O5S/c1-2-34-22(33)35-18-15(11-30-12-23(24,25)9-16(30)21(31)32)28-19(20-27-7-8-36-20)29-17(18)14-5-3-13(10-26)4-6-14/h3-8,16-17H,2,9,11-12H2,1H3,(H,28,29)(H,31,32)/t16-,17-/m0/s1. The van der Waals surface area contributed by atoms with E-state index in [0.717, 1.165) is 4.90 Å². The molecule has 0 radical (unpaired) electrons. The molecule has 36 heavy (non-hydrogen) atoms. The molecule has 1 aromatic heterocycles. The van der Waals surface area contributed by atoms with Crippen LogP contribution in [0.2, 0.25) is 0 Å². The zero-order valence-electron chi connectivity index (χ0n) is 19.0. The lowest BCUT2D eigenvalue weighted by atomic mass is 10.0. The molecule has 2 N–H and O–H groups in total. The van der Waals surface area contributed by atoms with Gasteiger partial charge in [0.1, 0.15) is 12.1 Å². The average molecular weight is 518 g/mol. The first kappa shape index (κ1) is 25.2. The highest BCUT2D eigenvalue weighted by Crippen LogP contribution is 2.36. The molecule has 0 aliphatic carbocycles. The van der Waals surface area contributed by atoms with Gasteiger partial charge >= 0.3 is 12.1 Å². The van der Waals surface area contributed by atoms with Gasteiger partial charge in [-0.2, -0.15) is 5.26 Å². The van der Waals surface area contributed by atoms with Gasteiger partial charge in [0.05, 0.1) is 30.5 Å². The second kappa shape index (κ2) is 10.4. The second-order valence-electron chi connectivity index (χ2n) is 8.02. The van der Waals surface area contributed by atoms with E-state index in [-0.39, 0.29) is 24.6 Å². The maximum atomic E-state index is 14.2. The molecule has 0 unspecified atom stereocenters. The van der Waals surface area contributed by atoms with Crippen LogP contribution in [-0.4, -0.2) is 64.6 Å². The van der Waals surface area contributed by atoms with Crippen LogP contribution in [-0.2, 0) is 14.3 Å². The Labute approximate surface area is 208 Å². The molecule has 10 nitrogen and oxygen atoms in total. The number of aliphatic imine (C=N–C) groups is 1. The van der Waals surface area contributed by atoms with E-state index in [2.05, 4.69) is 15.3 Å². The third-order valence-corrected chi connectivity index (χ3v) is 6.31. The number of nitriles is 1. The number of carboxylic acids is 1. The van der Waals surface area contributed by atoms with Gasteiger partial charge in [0.25, 0.3) is 5.92 Å². The highest BCUT2D eigenvalue weighted by molar-refractivity contribution is 7.11. The number of aliphatic carboxylic acids is 1. The van der Waals surface area contributed by atoms with Gasteiger partial charge in [-0.25, -0.2) is 23.6 Å². The lowest BCUT2D eigenvalue weighted by molar-refractivity contribution is -0.142. The molecular formula is C23H21F2N5O5S. The number of benzene rings is 1. The first-order valence-electron chi connectivity index (χ1n) is 10.9. The molecule has 0 spiro atoms. The van der Waals surface area contributed by atoms with Gasteiger partial charge in [-0.1, -0.05) is 12.1 Å². The predicted molar refractivity (Wildman–Crippen MR) is 123 cm³/mol. The van der Waals surface area contributed by atoms with Crippen LogP contribution in [0.1, 0.15) is 35.5 Å². The van der Waals surface area contributed by atoms with E-state index in [1.165, 1.54) is 11.3 Å². The smallest absolute Gasteiger partial charge is 0.480 e. The van der Waals surface area contributed by atoms with E-state index in [4.69, 9.17) is 14.7 Å². The first-order valence-corrected chi connectivity index (χ1v) is 11.8. The Morgan fingerprint density at radius 2 is 2.11 bits per heavy atom. The quantitative estimate of drug-likeness (QED) is 0.530. The Balaban J connectivity index is 1.79. The molecule has 2 aliphatic heterocycles. The lowest BCUT2D eigenvalue weighted by Crippen LogP contribution is -2.43. The number of likely N-dealkylation sites (tertiary alicyclic amines) is 1. The molecule has 2 aliphatic rings. The lowest BCUT2D eigenvalue weighted by Gasteiger charge is -2.30. The van der Waals surface area contributed by atoms with E-state index in [1.54, 1.807) is 42.8 Å². The third kappa shape index (κ3) is 5.50. The van der Waals surface area contributed by atoms with Gasteiger partial charge in [-0.3, -0.25) is 9.69 Å². The van der Waals surface area contributed by atoms with Crippen molar-refractivity contribution in [1.29, 1.82) is 5.26 Å². The van der Waals surface area contributed by atoms with Gasteiger partial charge < -0.3 is 19.9 Å². The number of thiazole rings is 1. The number of amidine groups is 1. The summed E-state index contributed by atoms with van der Waals surface area (Å²) in [5.74, 6) is -4.31. The molecule has 1 aromatic carbocycles. The Hall–Kier alpha value is -3.89. The average Bonchev–Trinajstić information content (AvgIpc) is 3.48. The summed E-state index contributed by atoms with van der Waals surface area (Å²) in [5, 5.41) is 23.9. The molecule has 2 atom stereocenters. The van der Waals surface area contributed by atoms with Crippen molar-refractivity contribution >= 4 is 29.3 Å². The fourth-order valence-corrected chi connectivity index (χ4v) is 4.56. The number of ether oxygens (including phenoxy) is 2. The van der Waals surface area contributed by atoms with Gasteiger partial charge in [0.2, 0.25) is 0 Å². The van der Waals surface area contributed by atoms with E-state index in [1.807, 2.05) is 6.07 Å². The fraction of sp³-hybridized carbons (Fsp3) is 0.348. The molecule has 1 saturated heterocycles. The Bertz CT molecular complexity index is 1240. The maximum absolute atomic E-state index is 14.2. The Morgan fingerprint density at radius 1 is 1.36 bits per heavy atom. The maximum Gasteiger partial charge on any atom is 0.513 e. The molecule has 3 heterocycles. The summed E-state index contributed by atoms with van der Waals surface area (Å²) in [6, 6.07) is 6.06. The van der Waals surface area contributed by atoms with Crippen molar-refractivity contribution < 1.29 is 33.0 Å². The Kier molecular flexibility index (Phi) is 7.27. The number of carbonyl (C=O) groups is 2. The second-order valence-corrected chi connectivity index (χ2v) is 8.92. The van der Waals surface area contributed by atoms with Crippen LogP contribution in [0.15, 0.2) is 52.3 Å². The van der Waals surface area contributed by atoms with Crippen molar-refractivity contribution in [2.24, 2.45) is 4.99 Å². The summed E-state index contributed by atoms with van der Waals surface area (Å²) in [7, 11) is 0. The Morgan fingerprint density at radius 3 is 2.72 bits per heavy atom. The molecule has 188 valence electrons. The van der Waals surface area contributed by atoms with Crippen LogP contribution in [0.4, 0.5) is 13.6 Å². The molecule has 13 heteroatoms. The van der Waals surface area contributed by atoms with Crippen LogP contribution in [0, 0.1) is 11.3 Å². The summed E-state index contributed by atoms with van der Waals surface area (Å²) in [5.41, 5.74) is 1.11. The summed E-state index contributed by atoms with van der Waals surface area (Å²) in [4.78, 5) is 34.0. The molecule has 0 saturated carbocycles. The van der Waals surface area contributed by atoms with E-state index >= 15 is 0 Å². The summed E-state index contributed by atoms with van der Waals surface area (Å²) < 4.78 is 38.8. The van der Waals surface area contributed by atoms with Crippen LogP contribution in [0.3, 0.4) is 0 Å². The van der Waals surface area contributed by atoms with Gasteiger partial charge in [-0.15, -0.1) is 11.3 Å². The highest BCUT2D eigenvalue weighted by Gasteiger charge is 2.49. The summed E-state index contributed by atoms with van der Waals surface area (Å²) >= 11 is 1.28. The first-order chi connectivity index (χ1) is 17.2. The van der Waals surface area contributed by atoms with Crippen molar-refractivity contribution in [1.82, 2.24) is 15.2 Å². The van der Waals surface area contributed by atoms with E-state index in [0.29, 0.717) is 22.0 Å². The fourth-order valence-electron chi connectivity index (χ4n) is 3.97. The van der Waals surface area contributed by atoms with Crippen molar-refractivity contribution in [2.45, 2.75) is 31.4 Å². The van der Waals surface area contributed by atoms with Crippen molar-refractivity contribution in [3.05, 3.63) is 63.4 Å². The summed E-state index contributed by atoms with van der Waals surface area (Å²) in [6.45, 7) is 0.547. The molecule has 0 amide bonds. The molecule has 1 fully saturated rings. The summed E-state index contributed by atoms with van der Waals surface area (Å²) in [6.07, 6.45) is -0.299. The van der Waals surface area contributed by atoms with Crippen molar-refractivity contribution in [2.75, 3.05) is 19.7 Å². The molecule has 0 bridgehead atoms. The van der Waals surface area contributed by atoms with E-state index in [9.17, 15) is 23.5 Å². The number of carbonyl (C=O) groups excluding carboxylic acids is 1. The minimum Gasteiger partial charge on any atom is -0.480 e. The van der Waals surface area contributed by atoms with Gasteiger partial charge in [-0.05, 0) is 24.6 Å². The van der Waals surface area contributed by atoms with Gasteiger partial charge in [0, 0.05) is 24.5 Å². The normalized spacial score (nSPS) is 21.3. The number of hydrogen-bond acceptors (Lipinski definition) is 10. The predicted octanol–water partition coefficient (Wildman–Crippen LogP) is 3.28. The zero-order valence-corrected chi connectivity index (χ0v) is 19.8. The number of nitrogens with zero attached hydrogens (tertiary/aromatic N) is 4. The van der Waals surface area contributed by atoms with Crippen LogP contribution in [0.25, 0.3) is 0 Å². The topological polar surface area (TPSA) is 137 Å². The minimum atomic E-state index is -3.20. The minimum absolute atomic E-state index is 0.0298. The number of hydrogen-bond donors (Lipinski definition) is 2. The van der Waals surface area contributed by atoms with E-state index < -0.39 is 43.1 Å². The molecule has 2 aromatic rings. The van der Waals surface area contributed by atoms with Crippen LogP contribution < -0.4 is 5.32 Å². The number of rotatable bonds is 7.